The summed E-state index contributed by atoms with van der Waals surface area (Å²) in [4.78, 5) is 32.2. The van der Waals surface area contributed by atoms with Crippen LogP contribution >= 0.6 is 0 Å². The Balaban J connectivity index is 3.06. The molecule has 0 fully saturated rings. The number of carboxylic acids is 1. The van der Waals surface area contributed by atoms with Crippen molar-refractivity contribution in [1.82, 2.24) is 5.32 Å². The van der Waals surface area contributed by atoms with Gasteiger partial charge in [0.1, 0.15) is 6.04 Å². The molecule has 1 amide bonds. The van der Waals surface area contributed by atoms with Crippen molar-refractivity contribution in [2.75, 3.05) is 0 Å². The van der Waals surface area contributed by atoms with Crippen molar-refractivity contribution >= 4 is 17.6 Å². The van der Waals surface area contributed by atoms with Gasteiger partial charge in [-0.05, 0) is 11.6 Å². The van der Waals surface area contributed by atoms with E-state index >= 15 is 0 Å². The van der Waals surface area contributed by atoms with Crippen LogP contribution in [0.5, 0.6) is 0 Å². The summed E-state index contributed by atoms with van der Waals surface area (Å²) in [5.74, 6) is -3.50. The summed E-state index contributed by atoms with van der Waals surface area (Å²) in [5, 5.41) is 22.0. The molecule has 0 aliphatic carbocycles. The predicted molar refractivity (Wildman–Crippen MR) is 71.3 cm³/mol. The summed E-state index contributed by atoms with van der Waals surface area (Å²) in [6, 6.07) is 1.93. The largest absolute Gasteiger partial charge is 0.480 e. The molecule has 7 nitrogen and oxygen atoms in total. The number of nitrogens with zero attached hydrogens (tertiary/aromatic N) is 1. The highest BCUT2D eigenvalue weighted by Crippen LogP contribution is 2.25. The van der Waals surface area contributed by atoms with Crippen molar-refractivity contribution in [2.45, 2.75) is 32.2 Å². The molecule has 0 saturated heterocycles. The molecule has 1 aromatic carbocycles. The fourth-order valence-corrected chi connectivity index (χ4v) is 1.82. The quantitative estimate of drug-likeness (QED) is 0.615. The van der Waals surface area contributed by atoms with E-state index in [1.807, 2.05) is 0 Å². The molecule has 0 heterocycles. The lowest BCUT2D eigenvalue weighted by molar-refractivity contribution is -0.387. The minimum atomic E-state index is -1.26. The van der Waals surface area contributed by atoms with E-state index in [9.17, 15) is 24.1 Å². The maximum atomic E-state index is 13.6. The zero-order valence-electron chi connectivity index (χ0n) is 11.5. The number of halogens is 1. The Morgan fingerprint density at radius 2 is 2.10 bits per heavy atom. The van der Waals surface area contributed by atoms with Gasteiger partial charge in [0.25, 0.3) is 0 Å². The number of nitrogens with one attached hydrogen (secondary N) is 1. The normalized spacial score (nSPS) is 13.3. The molecular formula is C13H15FN2O5. The molecule has 114 valence electrons. The Bertz CT molecular complexity index is 576. The number of nitro benzene ring substituents is 1. The highest BCUT2D eigenvalue weighted by Gasteiger charge is 2.28. The smallest absolute Gasteiger partial charge is 0.326 e. The predicted octanol–water partition coefficient (Wildman–Crippen LogP) is 1.82. The molecule has 2 N–H and O–H groups in total. The molecule has 0 aliphatic rings. The van der Waals surface area contributed by atoms with E-state index in [1.165, 1.54) is 13.0 Å². The summed E-state index contributed by atoms with van der Waals surface area (Å²) in [5.41, 5.74) is -0.433. The molecule has 0 radical (unpaired) electrons. The van der Waals surface area contributed by atoms with Gasteiger partial charge in [-0.25, -0.2) is 4.79 Å². The Morgan fingerprint density at radius 3 is 2.52 bits per heavy atom. The first-order valence-electron chi connectivity index (χ1n) is 6.23. The molecule has 0 aliphatic heterocycles. The third-order valence-electron chi connectivity index (χ3n) is 3.10. The Labute approximate surface area is 119 Å². The van der Waals surface area contributed by atoms with Gasteiger partial charge >= 0.3 is 11.7 Å². The number of benzene rings is 1. The monoisotopic (exact) mass is 298 g/mol. The number of aliphatic carboxylic acids is 1. The van der Waals surface area contributed by atoms with Crippen LogP contribution in [-0.2, 0) is 9.59 Å². The third-order valence-corrected chi connectivity index (χ3v) is 3.10. The van der Waals surface area contributed by atoms with E-state index in [2.05, 4.69) is 5.32 Å². The average molecular weight is 298 g/mol. The molecule has 21 heavy (non-hydrogen) atoms. The zero-order valence-corrected chi connectivity index (χ0v) is 11.5. The summed E-state index contributed by atoms with van der Waals surface area (Å²) >= 11 is 0. The van der Waals surface area contributed by atoms with Gasteiger partial charge < -0.3 is 10.4 Å². The van der Waals surface area contributed by atoms with Gasteiger partial charge in [-0.2, -0.15) is 4.39 Å². The summed E-state index contributed by atoms with van der Waals surface area (Å²) < 4.78 is 13.6. The second kappa shape index (κ2) is 6.78. The lowest BCUT2D eigenvalue weighted by Gasteiger charge is -2.21. The number of rotatable bonds is 6. The standard InChI is InChI=1S/C13H15FN2O5/c1-3-11(17)15-12(13(18)19)7(2)8-4-5-10(16(20)21)9(14)6-8/h4-7,12H,3H2,1-2H3,(H,15,17)(H,18,19)/t7-,12+/m0/s1. The minimum Gasteiger partial charge on any atom is -0.480 e. The van der Waals surface area contributed by atoms with Gasteiger partial charge in [0.2, 0.25) is 11.7 Å². The number of hydrogen-bond acceptors (Lipinski definition) is 4. The van der Waals surface area contributed by atoms with E-state index in [0.717, 1.165) is 12.1 Å². The molecular weight excluding hydrogens is 283 g/mol. The molecule has 2 atom stereocenters. The number of amides is 1. The summed E-state index contributed by atoms with van der Waals surface area (Å²) in [6.45, 7) is 3.07. The third kappa shape index (κ3) is 3.98. The van der Waals surface area contributed by atoms with E-state index in [0.29, 0.717) is 0 Å². The van der Waals surface area contributed by atoms with Gasteiger partial charge in [-0.3, -0.25) is 14.9 Å². The van der Waals surface area contributed by atoms with E-state index in [1.54, 1.807) is 6.92 Å². The van der Waals surface area contributed by atoms with E-state index in [-0.39, 0.29) is 12.0 Å². The number of hydrogen-bond donors (Lipinski definition) is 2. The molecule has 1 rings (SSSR count). The van der Waals surface area contributed by atoms with Crippen LogP contribution < -0.4 is 5.32 Å². The second-order valence-electron chi connectivity index (χ2n) is 4.49. The van der Waals surface area contributed by atoms with Crippen molar-refractivity contribution in [3.05, 3.63) is 39.7 Å². The fourth-order valence-electron chi connectivity index (χ4n) is 1.82. The summed E-state index contributed by atoms with van der Waals surface area (Å²) in [6.07, 6.45) is 0.116. The highest BCUT2D eigenvalue weighted by molar-refractivity contribution is 5.84. The lowest BCUT2D eigenvalue weighted by Crippen LogP contribution is -2.44. The average Bonchev–Trinajstić information content (AvgIpc) is 2.42. The van der Waals surface area contributed by atoms with Crippen molar-refractivity contribution in [3.63, 3.8) is 0 Å². The number of carbonyl (C=O) groups excluding carboxylic acids is 1. The van der Waals surface area contributed by atoms with Crippen molar-refractivity contribution in [2.24, 2.45) is 0 Å². The van der Waals surface area contributed by atoms with Gasteiger partial charge in [0.15, 0.2) is 0 Å². The number of nitro groups is 1. The minimum absolute atomic E-state index is 0.116. The maximum Gasteiger partial charge on any atom is 0.326 e. The van der Waals surface area contributed by atoms with Crippen LogP contribution in [0.15, 0.2) is 18.2 Å². The summed E-state index contributed by atoms with van der Waals surface area (Å²) in [7, 11) is 0. The molecule has 0 unspecified atom stereocenters. The van der Waals surface area contributed by atoms with Crippen molar-refractivity contribution in [1.29, 1.82) is 0 Å². The molecule has 0 saturated carbocycles. The molecule has 8 heteroatoms. The van der Waals surface area contributed by atoms with Crippen molar-refractivity contribution < 1.29 is 24.0 Å². The van der Waals surface area contributed by atoms with E-state index < -0.39 is 40.3 Å². The van der Waals surface area contributed by atoms with Crippen LogP contribution in [0.3, 0.4) is 0 Å². The van der Waals surface area contributed by atoms with Gasteiger partial charge in [-0.15, -0.1) is 0 Å². The number of carboxylic acid groups (broad SMARTS) is 1. The van der Waals surface area contributed by atoms with Crippen LogP contribution in [0.4, 0.5) is 10.1 Å². The number of carbonyl (C=O) groups is 2. The van der Waals surface area contributed by atoms with Crippen molar-refractivity contribution in [3.8, 4) is 0 Å². The topological polar surface area (TPSA) is 110 Å². The Morgan fingerprint density at radius 1 is 1.48 bits per heavy atom. The van der Waals surface area contributed by atoms with Crippen LogP contribution in [0, 0.1) is 15.9 Å². The van der Waals surface area contributed by atoms with Gasteiger partial charge in [0, 0.05) is 18.4 Å². The lowest BCUT2D eigenvalue weighted by atomic mass is 9.92. The molecule has 0 spiro atoms. The van der Waals surface area contributed by atoms with Gasteiger partial charge in [-0.1, -0.05) is 19.9 Å². The first-order valence-corrected chi connectivity index (χ1v) is 6.23. The highest BCUT2D eigenvalue weighted by atomic mass is 19.1. The van der Waals surface area contributed by atoms with Crippen LogP contribution in [0.1, 0.15) is 31.7 Å². The maximum absolute atomic E-state index is 13.6. The first kappa shape index (κ1) is 16.5. The van der Waals surface area contributed by atoms with Crippen LogP contribution in [-0.4, -0.2) is 27.9 Å². The first-order chi connectivity index (χ1) is 9.77. The van der Waals surface area contributed by atoms with Crippen LogP contribution in [0.25, 0.3) is 0 Å². The van der Waals surface area contributed by atoms with Crippen LogP contribution in [0.2, 0.25) is 0 Å². The molecule has 1 aromatic rings. The zero-order chi connectivity index (χ0) is 16.2. The van der Waals surface area contributed by atoms with E-state index in [4.69, 9.17) is 5.11 Å². The Kier molecular flexibility index (Phi) is 5.34. The van der Waals surface area contributed by atoms with Gasteiger partial charge in [0.05, 0.1) is 4.92 Å². The molecule has 0 aromatic heterocycles. The molecule has 0 bridgehead atoms. The SMILES string of the molecule is CCC(=O)N[C@@H](C(=O)O)[C@@H](C)c1ccc([N+](=O)[O-])c(F)c1. The Hall–Kier alpha value is -2.51. The fraction of sp³-hybridized carbons (Fsp3) is 0.385. The second-order valence-corrected chi connectivity index (χ2v) is 4.49.